The van der Waals surface area contributed by atoms with E-state index in [1.165, 1.54) is 17.0 Å². The summed E-state index contributed by atoms with van der Waals surface area (Å²) >= 11 is 6.37. The Balaban J connectivity index is 2.10. The van der Waals surface area contributed by atoms with Crippen LogP contribution in [0.2, 0.25) is 5.02 Å². The third-order valence-electron chi connectivity index (χ3n) is 6.42. The highest BCUT2D eigenvalue weighted by molar-refractivity contribution is 7.92. The molecule has 0 aliphatic heterocycles. The lowest BCUT2D eigenvalue weighted by Crippen LogP contribution is -2.53. The predicted molar refractivity (Wildman–Crippen MR) is 158 cm³/mol. The first-order chi connectivity index (χ1) is 19.0. The second kappa shape index (κ2) is 13.7. The number of carbonyl (C=O) groups excluding carboxylic acids is 2. The maximum Gasteiger partial charge on any atom is 0.264 e. The maximum absolute atomic E-state index is 14.1. The highest BCUT2D eigenvalue weighted by atomic mass is 35.5. The van der Waals surface area contributed by atoms with Crippen molar-refractivity contribution in [2.75, 3.05) is 18.0 Å². The summed E-state index contributed by atoms with van der Waals surface area (Å²) in [5.74, 6) is -0.245. The molecule has 3 rings (SSSR count). The lowest BCUT2D eigenvalue weighted by Gasteiger charge is -2.34. The molecular formula is C30H36ClN3O5S. The number of nitrogens with one attached hydrogen (secondary N) is 1. The van der Waals surface area contributed by atoms with Crippen LogP contribution in [0.1, 0.15) is 38.3 Å². The van der Waals surface area contributed by atoms with Crippen molar-refractivity contribution in [1.82, 2.24) is 10.2 Å². The summed E-state index contributed by atoms with van der Waals surface area (Å²) in [5, 5.41) is 3.26. The number of methoxy groups -OCH3 is 1. The molecule has 0 spiro atoms. The maximum atomic E-state index is 14.1. The van der Waals surface area contributed by atoms with Crippen molar-refractivity contribution in [3.05, 3.63) is 88.9 Å². The number of ether oxygens (including phenoxy) is 1. The lowest BCUT2D eigenvalue weighted by molar-refractivity contribution is -0.140. The Morgan fingerprint density at radius 3 is 2.30 bits per heavy atom. The van der Waals surface area contributed by atoms with Crippen molar-refractivity contribution in [1.29, 1.82) is 0 Å². The first-order valence-electron chi connectivity index (χ1n) is 13.0. The van der Waals surface area contributed by atoms with Crippen molar-refractivity contribution < 1.29 is 22.7 Å². The van der Waals surface area contributed by atoms with Crippen LogP contribution < -0.4 is 14.4 Å². The number of rotatable bonds is 12. The molecule has 2 amide bonds. The molecule has 8 nitrogen and oxygen atoms in total. The van der Waals surface area contributed by atoms with Crippen molar-refractivity contribution in [3.8, 4) is 5.75 Å². The summed E-state index contributed by atoms with van der Waals surface area (Å²) in [6.07, 6.45) is 0.329. The molecule has 3 aromatic carbocycles. The van der Waals surface area contributed by atoms with E-state index in [2.05, 4.69) is 5.32 Å². The third kappa shape index (κ3) is 7.34. The van der Waals surface area contributed by atoms with Gasteiger partial charge in [-0.2, -0.15) is 0 Å². The number of hydrogen-bond acceptors (Lipinski definition) is 5. The molecule has 0 saturated carbocycles. The zero-order valence-electron chi connectivity index (χ0n) is 23.4. The molecule has 0 aliphatic carbocycles. The van der Waals surface area contributed by atoms with Gasteiger partial charge in [-0.3, -0.25) is 13.9 Å². The van der Waals surface area contributed by atoms with E-state index in [0.29, 0.717) is 22.8 Å². The van der Waals surface area contributed by atoms with E-state index in [-0.39, 0.29) is 29.1 Å². The number of benzene rings is 3. The summed E-state index contributed by atoms with van der Waals surface area (Å²) in [7, 11) is -2.62. The number of nitrogens with zero attached hydrogens (tertiary/aromatic N) is 2. The van der Waals surface area contributed by atoms with Crippen molar-refractivity contribution in [3.63, 3.8) is 0 Å². The highest BCUT2D eigenvalue weighted by Gasteiger charge is 2.34. The number of anilines is 1. The molecule has 1 atom stereocenters. The van der Waals surface area contributed by atoms with Crippen LogP contribution >= 0.6 is 11.6 Å². The van der Waals surface area contributed by atoms with Gasteiger partial charge in [0.2, 0.25) is 11.8 Å². The average Bonchev–Trinajstić information content (AvgIpc) is 2.93. The molecule has 0 aromatic heterocycles. The van der Waals surface area contributed by atoms with Gasteiger partial charge in [0.1, 0.15) is 18.3 Å². The van der Waals surface area contributed by atoms with Gasteiger partial charge in [0.05, 0.1) is 17.7 Å². The molecule has 10 heteroatoms. The minimum Gasteiger partial charge on any atom is -0.497 e. The van der Waals surface area contributed by atoms with Gasteiger partial charge in [-0.1, -0.05) is 54.9 Å². The van der Waals surface area contributed by atoms with Gasteiger partial charge < -0.3 is 15.0 Å². The number of amides is 2. The Morgan fingerprint density at radius 1 is 1.00 bits per heavy atom. The number of hydrogen-bond donors (Lipinski definition) is 1. The molecular weight excluding hydrogens is 550 g/mol. The minimum atomic E-state index is -4.17. The summed E-state index contributed by atoms with van der Waals surface area (Å²) in [4.78, 5) is 28.8. The average molecular weight is 586 g/mol. The largest absolute Gasteiger partial charge is 0.497 e. The molecule has 0 saturated heterocycles. The number of carbonyl (C=O) groups is 2. The Kier molecular flexibility index (Phi) is 10.6. The molecule has 214 valence electrons. The Hall–Kier alpha value is -3.56. The monoisotopic (exact) mass is 585 g/mol. The van der Waals surface area contributed by atoms with Gasteiger partial charge in [0.15, 0.2) is 0 Å². The Morgan fingerprint density at radius 2 is 1.68 bits per heavy atom. The zero-order valence-corrected chi connectivity index (χ0v) is 25.0. The van der Waals surface area contributed by atoms with E-state index in [9.17, 15) is 18.0 Å². The van der Waals surface area contributed by atoms with Gasteiger partial charge >= 0.3 is 0 Å². The molecule has 0 fully saturated rings. The fraction of sp³-hybridized carbons (Fsp3) is 0.333. The van der Waals surface area contributed by atoms with Crippen molar-refractivity contribution >= 4 is 39.1 Å². The van der Waals surface area contributed by atoms with Crippen LogP contribution in [-0.4, -0.2) is 50.9 Å². The number of sulfonamides is 1. The van der Waals surface area contributed by atoms with E-state index in [4.69, 9.17) is 16.3 Å². The fourth-order valence-corrected chi connectivity index (χ4v) is 6.03. The first-order valence-corrected chi connectivity index (χ1v) is 14.9. The van der Waals surface area contributed by atoms with Crippen LogP contribution in [-0.2, 0) is 26.2 Å². The molecule has 1 unspecified atom stereocenters. The fourth-order valence-electron chi connectivity index (χ4n) is 4.37. The molecule has 3 aromatic rings. The zero-order chi connectivity index (χ0) is 29.4. The van der Waals surface area contributed by atoms with Gasteiger partial charge in [-0.05, 0) is 74.7 Å². The summed E-state index contributed by atoms with van der Waals surface area (Å²) in [6, 6.07) is 19.1. The van der Waals surface area contributed by atoms with Crippen LogP contribution in [0, 0.1) is 6.92 Å². The normalized spacial score (nSPS) is 12.1. The summed E-state index contributed by atoms with van der Waals surface area (Å²) < 4.78 is 34.3. The van der Waals surface area contributed by atoms with Gasteiger partial charge in [0, 0.05) is 17.6 Å². The first kappa shape index (κ1) is 31.0. The smallest absolute Gasteiger partial charge is 0.264 e. The molecule has 0 heterocycles. The molecule has 40 heavy (non-hydrogen) atoms. The van der Waals surface area contributed by atoms with E-state index < -0.39 is 28.5 Å². The summed E-state index contributed by atoms with van der Waals surface area (Å²) in [5.41, 5.74) is 1.53. The number of halogens is 1. The molecule has 0 bridgehead atoms. The van der Waals surface area contributed by atoms with E-state index in [1.54, 1.807) is 68.6 Å². The third-order valence-corrected chi connectivity index (χ3v) is 8.61. The van der Waals surface area contributed by atoms with Gasteiger partial charge in [0.25, 0.3) is 10.0 Å². The molecule has 0 aliphatic rings. The predicted octanol–water partition coefficient (Wildman–Crippen LogP) is 5.18. The summed E-state index contributed by atoms with van der Waals surface area (Å²) in [6.45, 7) is 6.75. The van der Waals surface area contributed by atoms with E-state index >= 15 is 0 Å². The second-order valence-electron chi connectivity index (χ2n) is 9.67. The van der Waals surface area contributed by atoms with Crippen molar-refractivity contribution in [2.24, 2.45) is 0 Å². The molecule has 0 radical (unpaired) electrons. The van der Waals surface area contributed by atoms with E-state index in [1.807, 2.05) is 26.8 Å². The lowest BCUT2D eigenvalue weighted by atomic mass is 10.1. The van der Waals surface area contributed by atoms with Crippen LogP contribution in [0.25, 0.3) is 0 Å². The SMILES string of the molecule is CCC(C(=O)NC(C)C)N(Cc1cccc(OC)c1)C(=O)CN(c1cccc(Cl)c1C)S(=O)(=O)c1ccccc1. The topological polar surface area (TPSA) is 96.0 Å². The van der Waals surface area contributed by atoms with Crippen LogP contribution in [0.4, 0.5) is 5.69 Å². The van der Waals surface area contributed by atoms with Crippen molar-refractivity contribution in [2.45, 2.75) is 57.6 Å². The van der Waals surface area contributed by atoms with Gasteiger partial charge in [-0.15, -0.1) is 0 Å². The minimum absolute atomic E-state index is 0.0334. The van der Waals surface area contributed by atoms with Gasteiger partial charge in [-0.25, -0.2) is 8.42 Å². The quantitative estimate of drug-likeness (QED) is 0.316. The van der Waals surface area contributed by atoms with Crippen LogP contribution in [0.3, 0.4) is 0 Å². The van der Waals surface area contributed by atoms with E-state index in [0.717, 1.165) is 9.87 Å². The Bertz CT molecular complexity index is 1430. The van der Waals surface area contributed by atoms with Crippen LogP contribution in [0.5, 0.6) is 5.75 Å². The Labute approximate surface area is 241 Å². The second-order valence-corrected chi connectivity index (χ2v) is 11.9. The molecule has 1 N–H and O–H groups in total. The highest BCUT2D eigenvalue weighted by Crippen LogP contribution is 2.31. The van der Waals surface area contributed by atoms with Crippen LogP contribution in [0.15, 0.2) is 77.7 Å². The standard InChI is InChI=1S/C30H36ClN3O5S/c1-6-27(30(36)32-21(2)3)33(19-23-12-10-13-24(18-23)39-5)29(35)20-34(28-17-11-16-26(31)22(28)4)40(37,38)25-14-8-7-9-15-25/h7-18,21,27H,6,19-20H2,1-5H3,(H,32,36).